The number of benzene rings is 7. The second-order valence-electron chi connectivity index (χ2n) is 15.9. The molecule has 2 nitrogen and oxygen atoms in total. The zero-order valence-electron chi connectivity index (χ0n) is 35.5. The summed E-state index contributed by atoms with van der Waals surface area (Å²) in [5.74, 6) is 2.76. The van der Waals surface area contributed by atoms with E-state index in [2.05, 4.69) is 231 Å². The molecule has 62 heavy (non-hydrogen) atoms. The fourth-order valence-electron chi connectivity index (χ4n) is 9.80. The Morgan fingerprint density at radius 2 is 1.23 bits per heavy atom. The van der Waals surface area contributed by atoms with E-state index >= 15 is 0 Å². The van der Waals surface area contributed by atoms with E-state index in [9.17, 15) is 0 Å². The predicted molar refractivity (Wildman–Crippen MR) is 266 cm³/mol. The fourth-order valence-corrected chi connectivity index (χ4v) is 9.80. The number of para-hydroxylation sites is 2. The van der Waals surface area contributed by atoms with Crippen LogP contribution in [0, 0.1) is 19.3 Å². The maximum absolute atomic E-state index is 5.86. The molecule has 0 aromatic heterocycles. The van der Waals surface area contributed by atoms with Crippen LogP contribution in [0.5, 0.6) is 0 Å². The van der Waals surface area contributed by atoms with Crippen molar-refractivity contribution in [3.63, 3.8) is 0 Å². The first-order chi connectivity index (χ1) is 30.4. The van der Waals surface area contributed by atoms with Crippen molar-refractivity contribution in [3.05, 3.63) is 264 Å². The average molecular weight is 797 g/mol. The van der Waals surface area contributed by atoms with Gasteiger partial charge in [-0.1, -0.05) is 159 Å². The summed E-state index contributed by atoms with van der Waals surface area (Å²) >= 11 is 0. The van der Waals surface area contributed by atoms with Crippen LogP contribution in [0.1, 0.15) is 47.2 Å². The molecule has 1 atom stereocenters. The van der Waals surface area contributed by atoms with Crippen LogP contribution in [0.15, 0.2) is 230 Å². The van der Waals surface area contributed by atoms with E-state index in [4.69, 9.17) is 13.0 Å². The van der Waals surface area contributed by atoms with Crippen molar-refractivity contribution in [1.29, 1.82) is 0 Å². The van der Waals surface area contributed by atoms with E-state index in [1.807, 2.05) is 18.2 Å². The third-order valence-corrected chi connectivity index (χ3v) is 12.6. The number of nitrogens with zero attached hydrogens (tertiary/aromatic N) is 2. The molecule has 2 aliphatic carbocycles. The number of fused-ring (bicyclic) bond motifs is 5. The Hall–Kier alpha value is -7.86. The Balaban J connectivity index is 1.27. The fraction of sp³-hybridized carbons (Fsp3) is 0.0667. The third-order valence-electron chi connectivity index (χ3n) is 12.6. The quantitative estimate of drug-likeness (QED) is 0.0950. The van der Waals surface area contributed by atoms with Gasteiger partial charge in [-0.2, -0.15) is 0 Å². The van der Waals surface area contributed by atoms with Gasteiger partial charge in [0, 0.05) is 33.7 Å². The summed E-state index contributed by atoms with van der Waals surface area (Å²) in [6, 6.07) is 58.5. The van der Waals surface area contributed by atoms with E-state index in [0.717, 1.165) is 50.7 Å². The van der Waals surface area contributed by atoms with Gasteiger partial charge in [0.15, 0.2) is 0 Å². The first-order valence-electron chi connectivity index (χ1n) is 21.1. The van der Waals surface area contributed by atoms with Crippen LogP contribution in [0.4, 0.5) is 28.4 Å². The molecule has 0 saturated carbocycles. The second-order valence-corrected chi connectivity index (χ2v) is 15.9. The van der Waals surface area contributed by atoms with Crippen molar-refractivity contribution in [2.24, 2.45) is 0 Å². The Morgan fingerprint density at radius 1 is 0.597 bits per heavy atom. The van der Waals surface area contributed by atoms with Gasteiger partial charge < -0.3 is 9.80 Å². The van der Waals surface area contributed by atoms with Crippen LogP contribution in [0.2, 0.25) is 0 Å². The lowest BCUT2D eigenvalue weighted by Crippen LogP contribution is -2.27. The smallest absolute Gasteiger partial charge is 0.0646 e. The molecule has 298 valence electrons. The summed E-state index contributed by atoms with van der Waals surface area (Å²) in [6.45, 7) is 15.5. The molecule has 7 aromatic carbocycles. The summed E-state index contributed by atoms with van der Waals surface area (Å²) in [7, 11) is 0. The Kier molecular flexibility index (Phi) is 10.6. The van der Waals surface area contributed by atoms with Crippen molar-refractivity contribution in [3.8, 4) is 12.3 Å². The van der Waals surface area contributed by atoms with Crippen LogP contribution in [0.3, 0.4) is 0 Å². The third kappa shape index (κ3) is 6.56. The molecule has 0 saturated heterocycles. The minimum absolute atomic E-state index is 0.549. The maximum atomic E-state index is 5.86. The minimum Gasteiger partial charge on any atom is -0.310 e. The van der Waals surface area contributed by atoms with Crippen LogP contribution in [0.25, 0.3) is 28.0 Å². The van der Waals surface area contributed by atoms with Crippen LogP contribution >= 0.6 is 0 Å². The molecule has 0 bridgehead atoms. The molecule has 0 heterocycles. The summed E-state index contributed by atoms with van der Waals surface area (Å²) in [5.41, 5.74) is 17.7. The lowest BCUT2D eigenvalue weighted by Gasteiger charge is -2.34. The van der Waals surface area contributed by atoms with Gasteiger partial charge in [-0.15, -0.1) is 6.42 Å². The van der Waals surface area contributed by atoms with Gasteiger partial charge in [-0.25, -0.2) is 0 Å². The van der Waals surface area contributed by atoms with Crippen molar-refractivity contribution in [2.45, 2.75) is 26.2 Å². The van der Waals surface area contributed by atoms with Gasteiger partial charge >= 0.3 is 0 Å². The molecule has 0 fully saturated rings. The zero-order chi connectivity index (χ0) is 42.8. The van der Waals surface area contributed by atoms with E-state index < -0.39 is 5.41 Å². The van der Waals surface area contributed by atoms with Gasteiger partial charge in [-0.05, 0) is 143 Å². The van der Waals surface area contributed by atoms with Crippen molar-refractivity contribution >= 4 is 56.4 Å². The zero-order valence-corrected chi connectivity index (χ0v) is 35.5. The Labute approximate surface area is 366 Å². The molecule has 1 spiro atoms. The summed E-state index contributed by atoms with van der Waals surface area (Å²) in [6.07, 6.45) is 20.3. The largest absolute Gasteiger partial charge is 0.310 e. The number of anilines is 5. The number of rotatable bonds is 11. The molecular formula is C60H48N2. The maximum Gasteiger partial charge on any atom is 0.0646 e. The van der Waals surface area contributed by atoms with E-state index in [-0.39, 0.29) is 0 Å². The lowest BCUT2D eigenvalue weighted by atomic mass is 9.69. The van der Waals surface area contributed by atoms with Gasteiger partial charge in [0.1, 0.15) is 0 Å². The van der Waals surface area contributed by atoms with Gasteiger partial charge in [0.2, 0.25) is 0 Å². The monoisotopic (exact) mass is 796 g/mol. The van der Waals surface area contributed by atoms with Crippen molar-refractivity contribution < 1.29 is 0 Å². The van der Waals surface area contributed by atoms with Gasteiger partial charge in [-0.3, -0.25) is 0 Å². The van der Waals surface area contributed by atoms with Crippen LogP contribution in [-0.2, 0) is 5.41 Å². The van der Waals surface area contributed by atoms with Crippen molar-refractivity contribution in [2.75, 3.05) is 9.80 Å². The lowest BCUT2D eigenvalue weighted by molar-refractivity contribution is 0.741. The molecule has 0 N–H and O–H groups in total. The van der Waals surface area contributed by atoms with Crippen LogP contribution < -0.4 is 9.80 Å². The molecule has 0 amide bonds. The molecule has 2 heteroatoms. The number of terminal acetylenes is 1. The highest BCUT2D eigenvalue weighted by Crippen LogP contribution is 2.61. The number of allylic oxidation sites excluding steroid dienone is 10. The molecule has 1 unspecified atom stereocenters. The molecule has 0 radical (unpaired) electrons. The van der Waals surface area contributed by atoms with Gasteiger partial charge in [0.05, 0.1) is 16.8 Å². The summed E-state index contributed by atoms with van der Waals surface area (Å²) in [4.78, 5) is 4.65. The topological polar surface area (TPSA) is 6.48 Å². The number of hydrogen-bond donors (Lipinski definition) is 0. The Bertz CT molecular complexity index is 3090. The first kappa shape index (κ1) is 39.6. The Morgan fingerprint density at radius 3 is 1.98 bits per heavy atom. The van der Waals surface area contributed by atoms with E-state index in [0.29, 0.717) is 0 Å². The normalized spacial score (nSPS) is 15.5. The summed E-state index contributed by atoms with van der Waals surface area (Å²) in [5, 5.41) is 2.34. The highest BCUT2D eigenvalue weighted by molar-refractivity contribution is 6.00. The van der Waals surface area contributed by atoms with Crippen LogP contribution in [-0.4, -0.2) is 0 Å². The van der Waals surface area contributed by atoms with Gasteiger partial charge in [0.25, 0.3) is 0 Å². The molecule has 0 aliphatic heterocycles. The summed E-state index contributed by atoms with van der Waals surface area (Å²) < 4.78 is 0. The molecule has 7 aromatic rings. The molecular weight excluding hydrogens is 749 g/mol. The number of aryl methyl sites for hydroxylation is 1. The highest BCUT2D eigenvalue weighted by Gasteiger charge is 2.50. The average Bonchev–Trinajstić information content (AvgIpc) is 3.71. The predicted octanol–water partition coefficient (Wildman–Crippen LogP) is 15.8. The first-order valence-corrected chi connectivity index (χ1v) is 21.1. The number of hydrogen-bond acceptors (Lipinski definition) is 2. The van der Waals surface area contributed by atoms with Crippen molar-refractivity contribution in [1.82, 2.24) is 0 Å². The second kappa shape index (κ2) is 16.7. The van der Waals surface area contributed by atoms with E-state index in [1.54, 1.807) is 0 Å². The molecule has 2 aliphatic rings. The standard InChI is InChI=1S/C60H48N2/c1-7-9-30-50-42(3)23-21-35-58(50)62(48-28-15-12-16-29-48)49-38-40-55-52(45(6)60(57(55)41-49)44(5)51(31-10-8-2)54-33-19-20-34-56(54)60)39-37-43(4)61(47-26-13-11-14-27-47)59-36-22-25-46-24-17-18-32-53(46)59/h2,7,9-41H,1,4H2,3,5-6H3/b30-9-,31-10-,39-37-. The highest BCUT2D eigenvalue weighted by atomic mass is 15.2. The minimum atomic E-state index is -0.549. The molecule has 9 rings (SSSR count). The SMILES string of the molecule is C#C/C=C\C1=C(C)C2(C(C)=C(/C=C\C(=C)N(c3ccccc3)c3cccc4ccccc34)c3ccc(N(c4ccccc4)c4cccc(C)c4/C=C\C=C)cc32)c2ccccc21. The van der Waals surface area contributed by atoms with E-state index in [1.165, 1.54) is 49.9 Å².